The Morgan fingerprint density at radius 3 is 0.786 bits per heavy atom. The Hall–Kier alpha value is -5.37. The van der Waals surface area contributed by atoms with Crippen molar-refractivity contribution in [1.82, 2.24) is 0 Å². The second-order valence-electron chi connectivity index (χ2n) is 8.64. The van der Waals surface area contributed by atoms with Crippen LogP contribution in [-0.4, -0.2) is 19.7 Å². The Morgan fingerprint density at radius 1 is 0.429 bits per heavy atom. The molecule has 0 spiro atoms. The molecule has 16 heteroatoms. The average molecular weight is 594 g/mol. The first-order chi connectivity index (χ1) is 20.0. The highest BCUT2D eigenvalue weighted by Crippen LogP contribution is 2.44. The molecular weight excluding hydrogens is 575 g/mol. The summed E-state index contributed by atoms with van der Waals surface area (Å²) in [5.41, 5.74) is 0.500. The van der Waals surface area contributed by atoms with E-state index in [1.807, 2.05) is 0 Å². The summed E-state index contributed by atoms with van der Waals surface area (Å²) in [7, 11) is -3.47. The van der Waals surface area contributed by atoms with Crippen molar-refractivity contribution in [2.24, 2.45) is 0 Å². The number of nitro groups is 4. The third-order valence-corrected chi connectivity index (χ3v) is 6.91. The highest BCUT2D eigenvalue weighted by molar-refractivity contribution is 7.33. The maximum atomic E-state index is 13.4. The van der Waals surface area contributed by atoms with Gasteiger partial charge in [-0.05, 0) is 70.8 Å². The van der Waals surface area contributed by atoms with Gasteiger partial charge in [0, 0.05) is 48.5 Å². The van der Waals surface area contributed by atoms with E-state index in [-0.39, 0.29) is 22.7 Å². The fourth-order valence-corrected chi connectivity index (χ4v) is 4.95. The maximum Gasteiger partial charge on any atom is 0.320 e. The summed E-state index contributed by atoms with van der Waals surface area (Å²) in [5.74, 6) is 0. The van der Waals surface area contributed by atoms with E-state index in [2.05, 4.69) is 0 Å². The molecule has 0 bridgehead atoms. The van der Waals surface area contributed by atoms with E-state index in [0.29, 0.717) is 22.3 Å². The van der Waals surface area contributed by atoms with E-state index >= 15 is 0 Å². The summed E-state index contributed by atoms with van der Waals surface area (Å²) >= 11 is 0. The lowest BCUT2D eigenvalue weighted by Crippen LogP contribution is -2.07. The average Bonchev–Trinajstić information content (AvgIpc) is 2.99. The fourth-order valence-electron chi connectivity index (χ4n) is 3.96. The van der Waals surface area contributed by atoms with Crippen LogP contribution < -0.4 is 0 Å². The minimum Gasteiger partial charge on any atom is -0.298 e. The second kappa shape index (κ2) is 12.9. The Morgan fingerprint density at radius 2 is 0.619 bits per heavy atom. The van der Waals surface area contributed by atoms with Crippen LogP contribution in [0.5, 0.6) is 0 Å². The predicted octanol–water partition coefficient (Wildman–Crippen LogP) is 6.62. The van der Waals surface area contributed by atoms with Crippen molar-refractivity contribution in [2.45, 2.75) is 12.2 Å². The molecule has 0 aromatic heterocycles. The van der Waals surface area contributed by atoms with Crippen molar-refractivity contribution in [3.05, 3.63) is 160 Å². The van der Waals surface area contributed by atoms with Crippen LogP contribution in [0.25, 0.3) is 0 Å². The van der Waals surface area contributed by atoms with E-state index in [9.17, 15) is 45.0 Å². The summed E-state index contributed by atoms with van der Waals surface area (Å²) in [6, 6.07) is 20.7. The van der Waals surface area contributed by atoms with Crippen LogP contribution in [0.4, 0.5) is 22.7 Å². The van der Waals surface area contributed by atoms with E-state index < -0.39 is 40.2 Å². The van der Waals surface area contributed by atoms with Gasteiger partial charge in [0.2, 0.25) is 0 Å². The lowest BCUT2D eigenvalue weighted by atomic mass is 10.0. The van der Waals surface area contributed by atoms with Gasteiger partial charge in [-0.25, -0.2) is 0 Å². The molecule has 4 rings (SSSR count). The molecule has 0 saturated heterocycles. The normalized spacial score (nSPS) is 11.1. The number of hydrogen-bond acceptors (Lipinski definition) is 11. The van der Waals surface area contributed by atoms with E-state index in [1.165, 1.54) is 97.1 Å². The van der Waals surface area contributed by atoms with Crippen molar-refractivity contribution in [3.63, 3.8) is 0 Å². The Balaban J connectivity index is 1.68. The molecule has 0 atom stereocenters. The van der Waals surface area contributed by atoms with Gasteiger partial charge >= 0.3 is 8.25 Å². The van der Waals surface area contributed by atoms with E-state index in [4.69, 9.17) is 9.05 Å². The smallest absolute Gasteiger partial charge is 0.298 e. The van der Waals surface area contributed by atoms with Gasteiger partial charge in [-0.3, -0.25) is 54.1 Å². The molecule has 15 nitrogen and oxygen atoms in total. The molecule has 0 radical (unpaired) electrons. The molecule has 214 valence electrons. The molecule has 0 aliphatic carbocycles. The van der Waals surface area contributed by atoms with Crippen LogP contribution in [0.3, 0.4) is 0 Å². The molecule has 0 fully saturated rings. The number of nitro benzene ring substituents is 4. The van der Waals surface area contributed by atoms with Gasteiger partial charge in [0.15, 0.2) is 0 Å². The number of hydrogen-bond donors (Lipinski definition) is 0. The van der Waals surface area contributed by atoms with Crippen molar-refractivity contribution in [1.29, 1.82) is 0 Å². The molecule has 0 aliphatic heterocycles. The van der Waals surface area contributed by atoms with Crippen LogP contribution in [0.2, 0.25) is 0 Å². The minimum absolute atomic E-state index is 0.207. The van der Waals surface area contributed by atoms with Crippen LogP contribution in [0.1, 0.15) is 34.5 Å². The molecule has 4 aromatic rings. The zero-order valence-electron chi connectivity index (χ0n) is 21.2. The third kappa shape index (κ3) is 7.03. The van der Waals surface area contributed by atoms with Crippen molar-refractivity contribution < 1.29 is 33.3 Å². The van der Waals surface area contributed by atoms with Crippen LogP contribution in [0.15, 0.2) is 97.1 Å². The van der Waals surface area contributed by atoms with Crippen LogP contribution >= 0.6 is 8.25 Å². The third-order valence-electron chi connectivity index (χ3n) is 6.05. The molecule has 0 aliphatic rings. The lowest BCUT2D eigenvalue weighted by molar-refractivity contribution is -0.385. The van der Waals surface area contributed by atoms with Gasteiger partial charge in [0.05, 0.1) is 19.7 Å². The van der Waals surface area contributed by atoms with Gasteiger partial charge in [-0.2, -0.15) is 0 Å². The monoisotopic (exact) mass is 594 g/mol. The Kier molecular flexibility index (Phi) is 9.07. The zero-order valence-corrected chi connectivity index (χ0v) is 22.2. The SMILES string of the molecule is O=[N+]([O-])c1ccc(C(O[PH](=O)OC(c2ccc([N+](=O)[O-])cc2)c2ccc([N+](=O)[O-])cc2)c2ccc([N+](=O)[O-])cc2)cc1. The molecule has 0 N–H and O–H groups in total. The lowest BCUT2D eigenvalue weighted by Gasteiger charge is -2.22. The first-order valence-corrected chi connectivity index (χ1v) is 13.1. The first-order valence-electron chi connectivity index (χ1n) is 11.9. The minimum atomic E-state index is -3.47. The van der Waals surface area contributed by atoms with Gasteiger partial charge in [-0.1, -0.05) is 0 Å². The summed E-state index contributed by atoms with van der Waals surface area (Å²) in [4.78, 5) is 42.0. The predicted molar refractivity (Wildman–Crippen MR) is 147 cm³/mol. The van der Waals surface area contributed by atoms with Gasteiger partial charge in [-0.15, -0.1) is 0 Å². The highest BCUT2D eigenvalue weighted by atomic mass is 31.1. The largest absolute Gasteiger partial charge is 0.320 e. The van der Waals surface area contributed by atoms with E-state index in [1.54, 1.807) is 0 Å². The van der Waals surface area contributed by atoms with Gasteiger partial charge in [0.1, 0.15) is 12.2 Å². The number of non-ortho nitro benzene ring substituents is 4. The molecule has 0 heterocycles. The summed E-state index contributed by atoms with van der Waals surface area (Å²) in [6.07, 6.45) is -2.26. The Labute approximate surface area is 236 Å². The van der Waals surface area contributed by atoms with E-state index in [0.717, 1.165) is 0 Å². The number of nitrogens with zero attached hydrogens (tertiary/aromatic N) is 4. The van der Waals surface area contributed by atoms with Crippen LogP contribution in [0, 0.1) is 40.5 Å². The Bertz CT molecular complexity index is 1410. The summed E-state index contributed by atoms with van der Waals surface area (Å²) in [5, 5.41) is 44.4. The van der Waals surface area contributed by atoms with Crippen LogP contribution in [-0.2, 0) is 13.6 Å². The highest BCUT2D eigenvalue weighted by Gasteiger charge is 2.25. The number of rotatable bonds is 12. The standard InChI is InChI=1S/C26H19N4O11P/c31-27(32)21-9-1-17(2-10-21)25(18-3-11-22(12-4-18)28(33)34)40-42(39)41-26(19-5-13-23(14-6-19)29(35)36)20-7-15-24(16-8-20)30(37)38/h1-16,25-26,42H. The fraction of sp³-hybridized carbons (Fsp3) is 0.0769. The van der Waals surface area contributed by atoms with Gasteiger partial charge in [0.25, 0.3) is 22.7 Å². The molecule has 0 amide bonds. The van der Waals surface area contributed by atoms with Crippen molar-refractivity contribution in [3.8, 4) is 0 Å². The molecule has 0 unspecified atom stereocenters. The molecular formula is C26H19N4O11P. The summed E-state index contributed by atoms with van der Waals surface area (Å²) in [6.45, 7) is 0. The first kappa shape index (κ1) is 29.6. The summed E-state index contributed by atoms with van der Waals surface area (Å²) < 4.78 is 24.9. The molecule has 42 heavy (non-hydrogen) atoms. The quantitative estimate of drug-likeness (QED) is 0.0966. The molecule has 4 aromatic carbocycles. The van der Waals surface area contributed by atoms with Crippen molar-refractivity contribution in [2.75, 3.05) is 0 Å². The number of benzene rings is 4. The van der Waals surface area contributed by atoms with Crippen molar-refractivity contribution >= 4 is 31.0 Å². The second-order valence-corrected chi connectivity index (χ2v) is 9.61. The zero-order chi connectivity index (χ0) is 30.4. The maximum absolute atomic E-state index is 13.4. The molecule has 0 saturated carbocycles. The topological polar surface area (TPSA) is 208 Å². The van der Waals surface area contributed by atoms with Gasteiger partial charge < -0.3 is 0 Å².